The van der Waals surface area contributed by atoms with Crippen LogP contribution in [0.3, 0.4) is 0 Å². The molecule has 33 heavy (non-hydrogen) atoms. The van der Waals surface area contributed by atoms with Crippen LogP contribution in [0.4, 0.5) is 0 Å². The third-order valence-electron chi connectivity index (χ3n) is 7.20. The summed E-state index contributed by atoms with van der Waals surface area (Å²) in [6.07, 6.45) is 9.43. The van der Waals surface area contributed by atoms with Gasteiger partial charge in [0.1, 0.15) is 0 Å². The summed E-state index contributed by atoms with van der Waals surface area (Å²) in [6.45, 7) is 4.70. The van der Waals surface area contributed by atoms with E-state index in [0.717, 1.165) is 63.8 Å². The highest BCUT2D eigenvalue weighted by Crippen LogP contribution is 2.21. The Bertz CT molecular complexity index is 771. The van der Waals surface area contributed by atoms with Crippen LogP contribution in [-0.2, 0) is 25.7 Å². The lowest BCUT2D eigenvalue weighted by atomic mass is 9.99. The molecule has 182 valence electrons. The average Bonchev–Trinajstić information content (AvgIpc) is 3.14. The molecule has 4 heterocycles. The van der Waals surface area contributed by atoms with Crippen LogP contribution in [0, 0.1) is 5.92 Å². The number of carbonyl (C=O) groups is 2. The summed E-state index contributed by atoms with van der Waals surface area (Å²) in [4.78, 5) is 36.8. The molecule has 0 N–H and O–H groups in total. The molecule has 1 aromatic heterocycles. The van der Waals surface area contributed by atoms with Crippen molar-refractivity contribution in [1.82, 2.24) is 19.7 Å². The van der Waals surface area contributed by atoms with Gasteiger partial charge in [0.2, 0.25) is 11.8 Å². The van der Waals surface area contributed by atoms with Gasteiger partial charge in [-0.25, -0.2) is 0 Å². The minimum Gasteiger partial charge on any atom is -0.381 e. The van der Waals surface area contributed by atoms with Gasteiger partial charge in [-0.05, 0) is 62.9 Å². The lowest BCUT2D eigenvalue weighted by molar-refractivity contribution is -0.142. The monoisotopic (exact) mass is 458 g/mol. The van der Waals surface area contributed by atoms with Gasteiger partial charge >= 0.3 is 0 Å². The predicted octanol–water partition coefficient (Wildman–Crippen LogP) is 1.94. The standard InChI is InChI=1S/C25H38N4O4/c1-27-12-4-2-3-5-23(27)25(31)29-17-22(33-19-21-6-10-26-11-7-21)16-28(24(30)18-29)15-20-8-13-32-14-9-20/h6-7,10-11,20,22-23H,2-5,8-9,12-19H2,1H3. The fraction of sp³-hybridized carbons (Fsp3) is 0.720. The second-order valence-electron chi connectivity index (χ2n) is 9.71. The van der Waals surface area contributed by atoms with Crippen molar-refractivity contribution in [1.29, 1.82) is 0 Å². The number of pyridine rings is 1. The van der Waals surface area contributed by atoms with E-state index in [4.69, 9.17) is 9.47 Å². The molecule has 2 unspecified atom stereocenters. The molecule has 0 aromatic carbocycles. The van der Waals surface area contributed by atoms with Gasteiger partial charge in [-0.1, -0.05) is 12.8 Å². The van der Waals surface area contributed by atoms with Crippen molar-refractivity contribution < 1.29 is 19.1 Å². The van der Waals surface area contributed by atoms with Crippen molar-refractivity contribution in [2.75, 3.05) is 53.0 Å². The van der Waals surface area contributed by atoms with E-state index in [1.165, 1.54) is 0 Å². The van der Waals surface area contributed by atoms with E-state index in [1.807, 2.05) is 24.1 Å². The van der Waals surface area contributed by atoms with Crippen LogP contribution < -0.4 is 0 Å². The van der Waals surface area contributed by atoms with Crippen molar-refractivity contribution in [2.24, 2.45) is 5.92 Å². The number of amides is 2. The van der Waals surface area contributed by atoms with Crippen molar-refractivity contribution in [3.63, 3.8) is 0 Å². The highest BCUT2D eigenvalue weighted by atomic mass is 16.5. The first-order valence-electron chi connectivity index (χ1n) is 12.4. The number of hydrogen-bond acceptors (Lipinski definition) is 6. The Kier molecular flexibility index (Phi) is 8.69. The molecule has 2 amide bonds. The normalized spacial score (nSPS) is 26.2. The first-order valence-corrected chi connectivity index (χ1v) is 12.4. The summed E-state index contributed by atoms with van der Waals surface area (Å²) in [7, 11) is 2.03. The van der Waals surface area contributed by atoms with E-state index < -0.39 is 0 Å². The second kappa shape index (κ2) is 11.9. The van der Waals surface area contributed by atoms with E-state index in [2.05, 4.69) is 9.88 Å². The molecule has 8 nitrogen and oxygen atoms in total. The zero-order valence-corrected chi connectivity index (χ0v) is 19.9. The third kappa shape index (κ3) is 6.74. The molecule has 3 saturated heterocycles. The maximum Gasteiger partial charge on any atom is 0.242 e. The van der Waals surface area contributed by atoms with Crippen LogP contribution >= 0.6 is 0 Å². The van der Waals surface area contributed by atoms with E-state index in [-0.39, 0.29) is 30.5 Å². The van der Waals surface area contributed by atoms with Gasteiger partial charge in [-0.2, -0.15) is 0 Å². The average molecular weight is 459 g/mol. The molecule has 1 aromatic rings. The summed E-state index contributed by atoms with van der Waals surface area (Å²) in [6, 6.07) is 3.72. The van der Waals surface area contributed by atoms with Crippen LogP contribution in [-0.4, -0.2) is 96.6 Å². The molecule has 3 aliphatic heterocycles. The molecule has 0 spiro atoms. The number of carbonyl (C=O) groups excluding carboxylic acids is 2. The molecule has 0 radical (unpaired) electrons. The number of rotatable bonds is 6. The SMILES string of the molecule is CN1CCCCCC1C(=O)N1CC(=O)N(CC2CCOCC2)CC(OCc2ccncc2)C1. The van der Waals surface area contributed by atoms with Crippen molar-refractivity contribution in [2.45, 2.75) is 57.3 Å². The van der Waals surface area contributed by atoms with Crippen LogP contribution in [0.2, 0.25) is 0 Å². The quantitative estimate of drug-likeness (QED) is 0.649. The summed E-state index contributed by atoms with van der Waals surface area (Å²) < 4.78 is 11.8. The summed E-state index contributed by atoms with van der Waals surface area (Å²) in [5.74, 6) is 0.540. The smallest absolute Gasteiger partial charge is 0.242 e. The molecule has 4 rings (SSSR count). The summed E-state index contributed by atoms with van der Waals surface area (Å²) in [5.41, 5.74) is 1.04. The topological polar surface area (TPSA) is 75.2 Å². The van der Waals surface area contributed by atoms with E-state index in [1.54, 1.807) is 17.3 Å². The maximum absolute atomic E-state index is 13.6. The Morgan fingerprint density at radius 1 is 1.12 bits per heavy atom. The van der Waals surface area contributed by atoms with Gasteiger partial charge in [-0.15, -0.1) is 0 Å². The van der Waals surface area contributed by atoms with Crippen LogP contribution in [0.25, 0.3) is 0 Å². The first-order chi connectivity index (χ1) is 16.1. The van der Waals surface area contributed by atoms with Gasteiger partial charge < -0.3 is 19.3 Å². The van der Waals surface area contributed by atoms with Crippen LogP contribution in [0.5, 0.6) is 0 Å². The van der Waals surface area contributed by atoms with Gasteiger partial charge in [-0.3, -0.25) is 19.5 Å². The Morgan fingerprint density at radius 2 is 1.91 bits per heavy atom. The van der Waals surface area contributed by atoms with Crippen LogP contribution in [0.15, 0.2) is 24.5 Å². The molecular formula is C25H38N4O4. The molecule has 3 fully saturated rings. The largest absolute Gasteiger partial charge is 0.381 e. The van der Waals surface area contributed by atoms with E-state index in [0.29, 0.717) is 32.2 Å². The number of aromatic nitrogens is 1. The van der Waals surface area contributed by atoms with Gasteiger partial charge in [0, 0.05) is 45.2 Å². The van der Waals surface area contributed by atoms with Crippen LogP contribution in [0.1, 0.15) is 44.1 Å². The molecule has 2 atom stereocenters. The van der Waals surface area contributed by atoms with Gasteiger partial charge in [0.05, 0.1) is 25.3 Å². The minimum absolute atomic E-state index is 0.0288. The summed E-state index contributed by atoms with van der Waals surface area (Å²) in [5, 5.41) is 0. The Labute approximate surface area is 197 Å². The maximum atomic E-state index is 13.6. The fourth-order valence-electron chi connectivity index (χ4n) is 5.14. The Balaban J connectivity index is 1.47. The number of likely N-dealkylation sites (N-methyl/N-ethyl adjacent to an activating group) is 1. The molecule has 0 saturated carbocycles. The Morgan fingerprint density at radius 3 is 2.70 bits per heavy atom. The Hall–Kier alpha value is -2.03. The molecule has 0 bridgehead atoms. The lowest BCUT2D eigenvalue weighted by Crippen LogP contribution is -2.50. The molecular weight excluding hydrogens is 420 g/mol. The second-order valence-corrected chi connectivity index (χ2v) is 9.71. The van der Waals surface area contributed by atoms with Gasteiger partial charge in [0.25, 0.3) is 0 Å². The molecule has 3 aliphatic rings. The number of hydrogen-bond donors (Lipinski definition) is 0. The molecule has 0 aliphatic carbocycles. The highest BCUT2D eigenvalue weighted by molar-refractivity contribution is 5.88. The number of nitrogens with zero attached hydrogens (tertiary/aromatic N) is 4. The van der Waals surface area contributed by atoms with Crippen molar-refractivity contribution in [3.05, 3.63) is 30.1 Å². The third-order valence-corrected chi connectivity index (χ3v) is 7.20. The van der Waals surface area contributed by atoms with E-state index in [9.17, 15) is 9.59 Å². The number of likely N-dealkylation sites (tertiary alicyclic amines) is 1. The van der Waals surface area contributed by atoms with E-state index >= 15 is 0 Å². The summed E-state index contributed by atoms with van der Waals surface area (Å²) >= 11 is 0. The van der Waals surface area contributed by atoms with Crippen molar-refractivity contribution >= 4 is 11.8 Å². The predicted molar refractivity (Wildman–Crippen MR) is 124 cm³/mol. The highest BCUT2D eigenvalue weighted by Gasteiger charge is 2.36. The van der Waals surface area contributed by atoms with Gasteiger partial charge in [0.15, 0.2) is 0 Å². The minimum atomic E-state index is -0.218. The fourth-order valence-corrected chi connectivity index (χ4v) is 5.14. The zero-order chi connectivity index (χ0) is 23.0. The number of ether oxygens (including phenoxy) is 2. The lowest BCUT2D eigenvalue weighted by Gasteiger charge is -2.31. The zero-order valence-electron chi connectivity index (χ0n) is 19.9. The van der Waals surface area contributed by atoms with Crippen molar-refractivity contribution in [3.8, 4) is 0 Å². The first kappa shape index (κ1) is 24.1. The molecule has 8 heteroatoms.